The topological polar surface area (TPSA) is 77.0 Å². The molecule has 0 saturated carbocycles. The fourth-order valence-electron chi connectivity index (χ4n) is 2.66. The van der Waals surface area contributed by atoms with Gasteiger partial charge in [-0.25, -0.2) is 10.2 Å². The van der Waals surface area contributed by atoms with Crippen LogP contribution in [-0.2, 0) is 6.18 Å². The van der Waals surface area contributed by atoms with Crippen molar-refractivity contribution in [2.75, 3.05) is 7.11 Å². The molecule has 6 nitrogen and oxygen atoms in total. The van der Waals surface area contributed by atoms with E-state index < -0.39 is 23.6 Å². The Bertz CT molecular complexity index is 1200. The second-order valence-electron chi connectivity index (χ2n) is 6.58. The molecule has 0 unspecified atom stereocenters. The van der Waals surface area contributed by atoms with Crippen molar-refractivity contribution in [3.05, 3.63) is 94.0 Å². The first-order valence-electron chi connectivity index (χ1n) is 9.34. The van der Waals surface area contributed by atoms with Crippen LogP contribution in [0.5, 0.6) is 11.5 Å². The number of hydrazone groups is 1. The largest absolute Gasteiger partial charge is 0.497 e. The molecule has 0 atom stereocenters. The van der Waals surface area contributed by atoms with E-state index in [1.165, 1.54) is 37.6 Å². The summed E-state index contributed by atoms with van der Waals surface area (Å²) in [7, 11) is 1.50. The molecule has 0 aliphatic carbocycles. The normalized spacial score (nSPS) is 11.3. The van der Waals surface area contributed by atoms with Gasteiger partial charge >= 0.3 is 12.1 Å². The van der Waals surface area contributed by atoms with Gasteiger partial charge in [0.15, 0.2) is 0 Å². The van der Waals surface area contributed by atoms with E-state index in [2.05, 4.69) is 10.5 Å². The molecular formula is C23H16ClF3N2O4. The van der Waals surface area contributed by atoms with E-state index in [1.807, 2.05) is 0 Å². The molecule has 10 heteroatoms. The van der Waals surface area contributed by atoms with Crippen molar-refractivity contribution in [3.63, 3.8) is 0 Å². The Morgan fingerprint density at radius 2 is 1.73 bits per heavy atom. The SMILES string of the molecule is COc1ccc(C(=O)N/N=C/c2cc(Cl)ccc2OC(=O)c2cccc(C(F)(F)F)c2)cc1. The van der Waals surface area contributed by atoms with Crippen LogP contribution in [-0.4, -0.2) is 25.2 Å². The molecule has 0 spiro atoms. The molecular weight excluding hydrogens is 461 g/mol. The Labute approximate surface area is 191 Å². The first-order chi connectivity index (χ1) is 15.7. The average molecular weight is 477 g/mol. The van der Waals surface area contributed by atoms with Crippen molar-refractivity contribution < 1.29 is 32.2 Å². The minimum absolute atomic E-state index is 0.00995. The summed E-state index contributed by atoms with van der Waals surface area (Å²) in [4.78, 5) is 24.6. The van der Waals surface area contributed by atoms with Gasteiger partial charge in [-0.15, -0.1) is 0 Å². The third-order valence-electron chi connectivity index (χ3n) is 4.32. The molecule has 1 N–H and O–H groups in total. The minimum atomic E-state index is -4.60. The number of benzene rings is 3. The third kappa shape index (κ3) is 6.33. The van der Waals surface area contributed by atoms with Gasteiger partial charge in [-0.3, -0.25) is 4.79 Å². The Kier molecular flexibility index (Phi) is 7.34. The number of rotatable bonds is 6. The smallest absolute Gasteiger partial charge is 0.416 e. The Balaban J connectivity index is 1.75. The number of hydrogen-bond acceptors (Lipinski definition) is 5. The number of halogens is 4. The van der Waals surface area contributed by atoms with Crippen molar-refractivity contribution in [1.29, 1.82) is 0 Å². The summed E-state index contributed by atoms with van der Waals surface area (Å²) < 4.78 is 49.0. The van der Waals surface area contributed by atoms with Gasteiger partial charge in [0.2, 0.25) is 0 Å². The summed E-state index contributed by atoms with van der Waals surface area (Å²) in [6.45, 7) is 0. The number of esters is 1. The number of amides is 1. The molecule has 170 valence electrons. The standard InChI is InChI=1S/C23H16ClF3N2O4/c1-32-19-8-5-14(6-9-19)21(30)29-28-13-16-12-18(24)7-10-20(16)33-22(31)15-3-2-4-17(11-15)23(25,26)27/h2-13H,1H3,(H,29,30)/b28-13+. The summed E-state index contributed by atoms with van der Waals surface area (Å²) >= 11 is 5.98. The number of methoxy groups -OCH3 is 1. The summed E-state index contributed by atoms with van der Waals surface area (Å²) in [6, 6.07) is 14.4. The molecule has 3 aromatic rings. The first kappa shape index (κ1) is 23.8. The lowest BCUT2D eigenvalue weighted by Crippen LogP contribution is -2.17. The highest BCUT2D eigenvalue weighted by molar-refractivity contribution is 6.31. The lowest BCUT2D eigenvalue weighted by molar-refractivity contribution is -0.137. The van der Waals surface area contributed by atoms with Crippen LogP contribution in [0.15, 0.2) is 71.8 Å². The quantitative estimate of drug-likeness (QED) is 0.225. The van der Waals surface area contributed by atoms with Crippen molar-refractivity contribution in [1.82, 2.24) is 5.43 Å². The molecule has 0 aromatic heterocycles. The Morgan fingerprint density at radius 3 is 2.39 bits per heavy atom. The maximum atomic E-state index is 12.9. The first-order valence-corrected chi connectivity index (χ1v) is 9.71. The molecule has 0 heterocycles. The van der Waals surface area contributed by atoms with E-state index >= 15 is 0 Å². The summed E-state index contributed by atoms with van der Waals surface area (Å²) in [5.41, 5.74) is 1.61. The minimum Gasteiger partial charge on any atom is -0.497 e. The zero-order valence-electron chi connectivity index (χ0n) is 17.0. The second-order valence-corrected chi connectivity index (χ2v) is 7.01. The van der Waals surface area contributed by atoms with Crippen LogP contribution < -0.4 is 14.9 Å². The second kappa shape index (κ2) is 10.2. The van der Waals surface area contributed by atoms with Crippen LogP contribution in [0.3, 0.4) is 0 Å². The predicted octanol–water partition coefficient (Wildman–Crippen LogP) is 5.35. The zero-order valence-corrected chi connectivity index (χ0v) is 17.8. The molecule has 0 aliphatic rings. The van der Waals surface area contributed by atoms with E-state index in [4.69, 9.17) is 21.1 Å². The van der Waals surface area contributed by atoms with Crippen LogP contribution in [0.1, 0.15) is 31.8 Å². The number of hydrogen-bond donors (Lipinski definition) is 1. The van der Waals surface area contributed by atoms with Gasteiger partial charge in [0.05, 0.1) is 24.5 Å². The number of nitrogens with zero attached hydrogens (tertiary/aromatic N) is 1. The van der Waals surface area contributed by atoms with Gasteiger partial charge in [-0.05, 0) is 60.7 Å². The number of nitrogens with one attached hydrogen (secondary N) is 1. The van der Waals surface area contributed by atoms with Gasteiger partial charge < -0.3 is 9.47 Å². The van der Waals surface area contributed by atoms with Crippen molar-refractivity contribution in [2.24, 2.45) is 5.10 Å². The molecule has 0 radical (unpaired) electrons. The Hall–Kier alpha value is -3.85. The average Bonchev–Trinajstić information content (AvgIpc) is 2.80. The number of carbonyl (C=O) groups is 2. The molecule has 3 aromatic carbocycles. The maximum Gasteiger partial charge on any atom is 0.416 e. The summed E-state index contributed by atoms with van der Waals surface area (Å²) in [5, 5.41) is 4.12. The van der Waals surface area contributed by atoms with E-state index in [-0.39, 0.29) is 21.9 Å². The molecule has 1 amide bonds. The van der Waals surface area contributed by atoms with Gasteiger partial charge in [0.25, 0.3) is 5.91 Å². The summed E-state index contributed by atoms with van der Waals surface area (Å²) in [5.74, 6) is -0.927. The maximum absolute atomic E-state index is 12.9. The van der Waals surface area contributed by atoms with Crippen molar-refractivity contribution >= 4 is 29.7 Å². The Morgan fingerprint density at radius 1 is 1.00 bits per heavy atom. The van der Waals surface area contributed by atoms with Crippen LogP contribution in [0.4, 0.5) is 13.2 Å². The van der Waals surface area contributed by atoms with Gasteiger partial charge in [0, 0.05) is 16.1 Å². The van der Waals surface area contributed by atoms with Crippen LogP contribution in [0.2, 0.25) is 5.02 Å². The monoisotopic (exact) mass is 476 g/mol. The van der Waals surface area contributed by atoms with Gasteiger partial charge in [-0.1, -0.05) is 17.7 Å². The highest BCUT2D eigenvalue weighted by Gasteiger charge is 2.31. The predicted molar refractivity (Wildman–Crippen MR) is 116 cm³/mol. The fraction of sp³-hybridized carbons (Fsp3) is 0.0870. The molecule has 0 saturated heterocycles. The van der Waals surface area contributed by atoms with E-state index in [0.717, 1.165) is 12.1 Å². The third-order valence-corrected chi connectivity index (χ3v) is 4.56. The molecule has 0 fully saturated rings. The van der Waals surface area contributed by atoms with E-state index in [9.17, 15) is 22.8 Å². The fourth-order valence-corrected chi connectivity index (χ4v) is 2.84. The van der Waals surface area contributed by atoms with Gasteiger partial charge in [0.1, 0.15) is 11.5 Å². The summed E-state index contributed by atoms with van der Waals surface area (Å²) in [6.07, 6.45) is -3.40. The molecule has 0 bridgehead atoms. The van der Waals surface area contributed by atoms with Crippen LogP contribution in [0, 0.1) is 0 Å². The highest BCUT2D eigenvalue weighted by Crippen LogP contribution is 2.30. The zero-order chi connectivity index (χ0) is 24.0. The van der Waals surface area contributed by atoms with Gasteiger partial charge in [-0.2, -0.15) is 18.3 Å². The van der Waals surface area contributed by atoms with Crippen molar-refractivity contribution in [2.45, 2.75) is 6.18 Å². The molecule has 33 heavy (non-hydrogen) atoms. The number of alkyl halides is 3. The molecule has 3 rings (SSSR count). The number of ether oxygens (including phenoxy) is 2. The highest BCUT2D eigenvalue weighted by atomic mass is 35.5. The van der Waals surface area contributed by atoms with E-state index in [1.54, 1.807) is 24.3 Å². The lowest BCUT2D eigenvalue weighted by atomic mass is 10.1. The lowest BCUT2D eigenvalue weighted by Gasteiger charge is -2.10. The van der Waals surface area contributed by atoms with Crippen molar-refractivity contribution in [3.8, 4) is 11.5 Å². The van der Waals surface area contributed by atoms with Crippen LogP contribution in [0.25, 0.3) is 0 Å². The van der Waals surface area contributed by atoms with E-state index in [0.29, 0.717) is 17.4 Å². The molecule has 0 aliphatic heterocycles. The van der Waals surface area contributed by atoms with Crippen LogP contribution >= 0.6 is 11.6 Å². The number of carbonyl (C=O) groups excluding carboxylic acids is 2.